The SMILES string of the molecule is CC(C)(C)C1CCC([NH3+])CC1. The molecule has 1 heteroatoms. The van der Waals surface area contributed by atoms with E-state index in [4.69, 9.17) is 0 Å². The maximum Gasteiger partial charge on any atom is 0.0843 e. The normalized spacial score (nSPS) is 33.8. The molecular weight excluding hydrogens is 134 g/mol. The molecule has 0 unspecified atom stereocenters. The van der Waals surface area contributed by atoms with E-state index in [1.165, 1.54) is 25.7 Å². The first-order valence-corrected chi connectivity index (χ1v) is 4.83. The van der Waals surface area contributed by atoms with Crippen molar-refractivity contribution in [2.75, 3.05) is 0 Å². The monoisotopic (exact) mass is 156 g/mol. The molecule has 1 saturated carbocycles. The van der Waals surface area contributed by atoms with Crippen LogP contribution in [0, 0.1) is 11.3 Å². The molecule has 66 valence electrons. The second-order valence-electron chi connectivity index (χ2n) is 5.08. The van der Waals surface area contributed by atoms with E-state index >= 15 is 0 Å². The minimum absolute atomic E-state index is 0.528. The summed E-state index contributed by atoms with van der Waals surface area (Å²) < 4.78 is 0. The van der Waals surface area contributed by atoms with Gasteiger partial charge in [-0.05, 0) is 37.0 Å². The van der Waals surface area contributed by atoms with E-state index < -0.39 is 0 Å². The lowest BCUT2D eigenvalue weighted by molar-refractivity contribution is -0.427. The first-order valence-electron chi connectivity index (χ1n) is 4.83. The van der Waals surface area contributed by atoms with Gasteiger partial charge < -0.3 is 5.73 Å². The summed E-state index contributed by atoms with van der Waals surface area (Å²) in [6.07, 6.45) is 5.50. The number of hydrogen-bond acceptors (Lipinski definition) is 0. The van der Waals surface area contributed by atoms with Crippen LogP contribution in [0.15, 0.2) is 0 Å². The van der Waals surface area contributed by atoms with Crippen LogP contribution in [0.4, 0.5) is 0 Å². The summed E-state index contributed by atoms with van der Waals surface area (Å²) in [7, 11) is 0. The Labute approximate surface area is 70.4 Å². The maximum absolute atomic E-state index is 4.11. The topological polar surface area (TPSA) is 27.6 Å². The van der Waals surface area contributed by atoms with Gasteiger partial charge in [0.15, 0.2) is 0 Å². The van der Waals surface area contributed by atoms with Crippen LogP contribution >= 0.6 is 0 Å². The van der Waals surface area contributed by atoms with Crippen molar-refractivity contribution < 1.29 is 5.73 Å². The molecule has 3 N–H and O–H groups in total. The third-order valence-corrected chi connectivity index (χ3v) is 3.07. The van der Waals surface area contributed by atoms with Crippen molar-refractivity contribution in [3.05, 3.63) is 0 Å². The number of hydrogen-bond donors (Lipinski definition) is 1. The van der Waals surface area contributed by atoms with Crippen LogP contribution in [0.5, 0.6) is 0 Å². The van der Waals surface area contributed by atoms with Crippen molar-refractivity contribution >= 4 is 0 Å². The van der Waals surface area contributed by atoms with Gasteiger partial charge in [-0.1, -0.05) is 20.8 Å². The molecule has 0 bridgehead atoms. The summed E-state index contributed by atoms with van der Waals surface area (Å²) >= 11 is 0. The summed E-state index contributed by atoms with van der Waals surface area (Å²) in [4.78, 5) is 0. The van der Waals surface area contributed by atoms with Gasteiger partial charge in [0.2, 0.25) is 0 Å². The lowest BCUT2D eigenvalue weighted by Gasteiger charge is -2.34. The predicted molar refractivity (Wildman–Crippen MR) is 48.1 cm³/mol. The lowest BCUT2D eigenvalue weighted by Crippen LogP contribution is -2.62. The second-order valence-corrected chi connectivity index (χ2v) is 5.08. The van der Waals surface area contributed by atoms with E-state index in [9.17, 15) is 0 Å². The van der Waals surface area contributed by atoms with E-state index in [0.717, 1.165) is 12.0 Å². The molecule has 0 amide bonds. The van der Waals surface area contributed by atoms with Crippen LogP contribution in [0.25, 0.3) is 0 Å². The van der Waals surface area contributed by atoms with Gasteiger partial charge in [-0.15, -0.1) is 0 Å². The van der Waals surface area contributed by atoms with E-state index in [0.29, 0.717) is 5.41 Å². The molecule has 1 nitrogen and oxygen atoms in total. The van der Waals surface area contributed by atoms with Crippen LogP contribution < -0.4 is 5.73 Å². The lowest BCUT2D eigenvalue weighted by atomic mass is 9.71. The minimum Gasteiger partial charge on any atom is -0.355 e. The Hall–Kier alpha value is -0.0400. The van der Waals surface area contributed by atoms with E-state index in [2.05, 4.69) is 26.5 Å². The Morgan fingerprint density at radius 2 is 1.45 bits per heavy atom. The maximum atomic E-state index is 4.11. The van der Waals surface area contributed by atoms with Gasteiger partial charge in [-0.3, -0.25) is 0 Å². The van der Waals surface area contributed by atoms with Crippen LogP contribution in [-0.4, -0.2) is 6.04 Å². The quantitative estimate of drug-likeness (QED) is 0.554. The highest BCUT2D eigenvalue weighted by Gasteiger charge is 2.29. The van der Waals surface area contributed by atoms with Gasteiger partial charge in [-0.2, -0.15) is 0 Å². The molecule has 0 aromatic carbocycles. The van der Waals surface area contributed by atoms with Gasteiger partial charge in [0.1, 0.15) is 0 Å². The van der Waals surface area contributed by atoms with E-state index in [-0.39, 0.29) is 0 Å². The van der Waals surface area contributed by atoms with Crippen molar-refractivity contribution in [1.82, 2.24) is 0 Å². The fraction of sp³-hybridized carbons (Fsp3) is 1.00. The highest BCUT2D eigenvalue weighted by molar-refractivity contribution is 4.79. The Morgan fingerprint density at radius 3 is 1.82 bits per heavy atom. The minimum atomic E-state index is 0.528. The third-order valence-electron chi connectivity index (χ3n) is 3.07. The fourth-order valence-electron chi connectivity index (χ4n) is 2.03. The zero-order valence-corrected chi connectivity index (χ0v) is 8.19. The van der Waals surface area contributed by atoms with Crippen molar-refractivity contribution in [1.29, 1.82) is 0 Å². The molecule has 1 rings (SSSR count). The fourth-order valence-corrected chi connectivity index (χ4v) is 2.03. The molecule has 0 aromatic heterocycles. The van der Waals surface area contributed by atoms with Crippen LogP contribution in [0.2, 0.25) is 0 Å². The second kappa shape index (κ2) is 3.14. The molecule has 1 aliphatic carbocycles. The molecule has 0 aliphatic heterocycles. The Bertz CT molecular complexity index is 115. The average molecular weight is 156 g/mol. The van der Waals surface area contributed by atoms with Gasteiger partial charge in [0.25, 0.3) is 0 Å². The van der Waals surface area contributed by atoms with Gasteiger partial charge in [0, 0.05) is 0 Å². The highest BCUT2D eigenvalue weighted by atomic mass is 14.6. The van der Waals surface area contributed by atoms with Crippen molar-refractivity contribution in [2.24, 2.45) is 11.3 Å². The zero-order valence-electron chi connectivity index (χ0n) is 8.19. The van der Waals surface area contributed by atoms with E-state index in [1.807, 2.05) is 0 Å². The molecule has 1 aliphatic rings. The van der Waals surface area contributed by atoms with Gasteiger partial charge in [-0.25, -0.2) is 0 Å². The predicted octanol–water partition coefficient (Wildman–Crippen LogP) is 1.83. The van der Waals surface area contributed by atoms with Crippen LogP contribution in [0.1, 0.15) is 46.5 Å². The van der Waals surface area contributed by atoms with Gasteiger partial charge in [0.05, 0.1) is 6.04 Å². The number of quaternary nitrogens is 1. The van der Waals surface area contributed by atoms with Gasteiger partial charge >= 0.3 is 0 Å². The summed E-state index contributed by atoms with van der Waals surface area (Å²) in [6.45, 7) is 7.09. The van der Waals surface area contributed by atoms with E-state index in [1.54, 1.807) is 0 Å². The smallest absolute Gasteiger partial charge is 0.0843 e. The standard InChI is InChI=1S/C10H21N/c1-10(2,3)8-4-6-9(11)7-5-8/h8-9H,4-7,11H2,1-3H3/p+1. The average Bonchev–Trinajstić information content (AvgIpc) is 1.86. The summed E-state index contributed by atoms with van der Waals surface area (Å²) in [5.41, 5.74) is 4.64. The molecule has 0 atom stereocenters. The Morgan fingerprint density at radius 1 is 1.00 bits per heavy atom. The summed E-state index contributed by atoms with van der Waals surface area (Å²) in [6, 6.07) is 0.744. The first-order chi connectivity index (χ1) is 5.00. The molecule has 0 radical (unpaired) electrons. The van der Waals surface area contributed by atoms with Crippen molar-refractivity contribution in [3.63, 3.8) is 0 Å². The highest BCUT2D eigenvalue weighted by Crippen LogP contribution is 2.36. The molecule has 11 heavy (non-hydrogen) atoms. The Kier molecular flexibility index (Phi) is 2.58. The summed E-state index contributed by atoms with van der Waals surface area (Å²) in [5.74, 6) is 0.945. The molecular formula is C10H22N+. The molecule has 0 aromatic rings. The molecule has 1 fully saturated rings. The summed E-state index contributed by atoms with van der Waals surface area (Å²) in [5, 5.41) is 0. The Balaban J connectivity index is 2.39. The molecule has 0 spiro atoms. The van der Waals surface area contributed by atoms with Crippen LogP contribution in [0.3, 0.4) is 0 Å². The largest absolute Gasteiger partial charge is 0.355 e. The van der Waals surface area contributed by atoms with Crippen molar-refractivity contribution in [2.45, 2.75) is 52.5 Å². The third kappa shape index (κ3) is 2.48. The number of rotatable bonds is 0. The van der Waals surface area contributed by atoms with Crippen molar-refractivity contribution in [3.8, 4) is 0 Å². The first kappa shape index (κ1) is 9.05. The molecule has 0 heterocycles. The van der Waals surface area contributed by atoms with Crippen LogP contribution in [-0.2, 0) is 0 Å². The molecule has 0 saturated heterocycles. The zero-order chi connectivity index (χ0) is 8.48.